The minimum atomic E-state index is -1.82. The number of rotatable bonds is 15. The molecule has 1 saturated heterocycles. The van der Waals surface area contributed by atoms with E-state index in [0.29, 0.717) is 22.7 Å². The fourth-order valence-electron chi connectivity index (χ4n) is 6.74. The fraction of sp³-hybridized carbons (Fsp3) is 0.415. The van der Waals surface area contributed by atoms with Crippen LogP contribution in [0.15, 0.2) is 79.4 Å². The lowest BCUT2D eigenvalue weighted by Crippen LogP contribution is -2.58. The number of nitrogens with zero attached hydrogens (tertiary/aromatic N) is 1. The van der Waals surface area contributed by atoms with Crippen molar-refractivity contribution >= 4 is 40.6 Å². The predicted octanol–water partition coefficient (Wildman–Crippen LogP) is 4.17. The van der Waals surface area contributed by atoms with Gasteiger partial charge in [-0.05, 0) is 52.8 Å². The molecule has 3 aromatic rings. The number of fused-ring (bicyclic) bond motifs is 1. The Morgan fingerprint density at radius 1 is 1.09 bits per heavy atom. The first-order valence-corrected chi connectivity index (χ1v) is 18.2. The summed E-state index contributed by atoms with van der Waals surface area (Å²) in [7, 11) is 1.58. The van der Waals surface area contributed by atoms with E-state index >= 15 is 0 Å². The molecule has 1 aromatic heterocycles. The molecule has 1 aliphatic carbocycles. The molecule has 5 atom stereocenters. The summed E-state index contributed by atoms with van der Waals surface area (Å²) in [4.78, 5) is 71.9. The highest BCUT2D eigenvalue weighted by Gasteiger charge is 2.77. The van der Waals surface area contributed by atoms with Crippen LogP contribution in [0.5, 0.6) is 11.5 Å². The highest BCUT2D eigenvalue weighted by molar-refractivity contribution is 6.13. The first kappa shape index (κ1) is 40.4. The maximum Gasteiger partial charge on any atom is 0.408 e. The van der Waals surface area contributed by atoms with E-state index in [2.05, 4.69) is 27.8 Å². The number of amides is 3. The number of allylic oxidation sites excluding steroid dienone is 1. The van der Waals surface area contributed by atoms with E-state index in [4.69, 9.17) is 23.9 Å². The molecule has 1 unspecified atom stereocenters. The SMILES string of the molecule is C=C[C@@]1(NC(=O)[C@H](CNC(=O)C=CC)NC(=O)OC(C)(C)C)C[C@]1(C(=O)OCC)C(=O)C1C[C@@H](Oc2cc(-c3ccccc3)nc3cc(OC)ccc23)CN1. The zero-order chi connectivity index (χ0) is 40.0. The number of esters is 1. The van der Waals surface area contributed by atoms with Crippen LogP contribution in [0.4, 0.5) is 4.79 Å². The summed E-state index contributed by atoms with van der Waals surface area (Å²) in [5.74, 6) is -1.37. The number of nitrogens with one attached hydrogen (secondary N) is 4. The van der Waals surface area contributed by atoms with Crippen LogP contribution >= 0.6 is 0 Å². The highest BCUT2D eigenvalue weighted by Crippen LogP contribution is 2.59. The van der Waals surface area contributed by atoms with Crippen molar-refractivity contribution in [3.05, 3.63) is 79.4 Å². The minimum absolute atomic E-state index is 0.0116. The molecule has 2 fully saturated rings. The van der Waals surface area contributed by atoms with E-state index in [0.717, 1.165) is 10.9 Å². The molecule has 1 saturated carbocycles. The summed E-state index contributed by atoms with van der Waals surface area (Å²) in [6, 6.07) is 14.9. The zero-order valence-electron chi connectivity index (χ0n) is 32.0. The molecule has 14 nitrogen and oxygen atoms in total. The van der Waals surface area contributed by atoms with Crippen molar-refractivity contribution in [2.24, 2.45) is 5.41 Å². The molecular formula is C41H49N5O9. The number of Topliss-reactive ketones (excluding diaryl/α,β-unsaturated/α-hetero) is 1. The molecule has 292 valence electrons. The van der Waals surface area contributed by atoms with Gasteiger partial charge in [0.1, 0.15) is 29.2 Å². The van der Waals surface area contributed by atoms with Crippen LogP contribution in [0.3, 0.4) is 0 Å². The number of hydrogen-bond donors (Lipinski definition) is 4. The van der Waals surface area contributed by atoms with Gasteiger partial charge < -0.3 is 40.2 Å². The normalized spacial score (nSPS) is 22.3. The van der Waals surface area contributed by atoms with Gasteiger partial charge >= 0.3 is 12.1 Å². The zero-order valence-corrected chi connectivity index (χ0v) is 32.0. The number of ether oxygens (including phenoxy) is 4. The first-order chi connectivity index (χ1) is 26.2. The number of ketones is 1. The lowest BCUT2D eigenvalue weighted by Gasteiger charge is -2.27. The van der Waals surface area contributed by atoms with Gasteiger partial charge in [-0.1, -0.05) is 42.5 Å². The molecule has 2 aliphatic rings. The van der Waals surface area contributed by atoms with Gasteiger partial charge in [-0.25, -0.2) is 9.78 Å². The molecule has 2 heterocycles. The van der Waals surface area contributed by atoms with E-state index in [1.807, 2.05) is 54.6 Å². The Morgan fingerprint density at radius 2 is 1.84 bits per heavy atom. The van der Waals surface area contributed by atoms with Crippen molar-refractivity contribution in [3.8, 4) is 22.8 Å². The third-order valence-corrected chi connectivity index (χ3v) is 9.47. The van der Waals surface area contributed by atoms with Crippen molar-refractivity contribution in [1.82, 2.24) is 26.3 Å². The van der Waals surface area contributed by atoms with Crippen molar-refractivity contribution in [1.29, 1.82) is 0 Å². The molecule has 0 radical (unpaired) electrons. The van der Waals surface area contributed by atoms with E-state index in [1.54, 1.807) is 41.7 Å². The largest absolute Gasteiger partial charge is 0.497 e. The summed E-state index contributed by atoms with van der Waals surface area (Å²) in [6.07, 6.45) is 2.84. The third kappa shape index (κ3) is 8.97. The Bertz CT molecular complexity index is 1980. The standard InChI is InChI=1S/C41H49N5O9/c1-8-14-34(47)43-23-32(45-38(51)55-39(4,5)6)36(49)46-40(9-2)24-41(40,37(50)53-10-3)35(48)31-20-27(22-42-31)54-33-21-29(25-15-12-11-13-16-25)44-30-19-26(52-7)17-18-28(30)33/h8-9,11-19,21,27,31-32,42H,2,10,20,22-24H2,1,3-7H3,(H,43,47)(H,45,51)(H,46,49)/t27-,31?,32+,40-,41-/m1/s1. The smallest absolute Gasteiger partial charge is 0.408 e. The number of pyridine rings is 1. The first-order valence-electron chi connectivity index (χ1n) is 18.2. The van der Waals surface area contributed by atoms with Crippen LogP contribution in [0.1, 0.15) is 47.5 Å². The van der Waals surface area contributed by atoms with Crippen LogP contribution in [0.2, 0.25) is 0 Å². The van der Waals surface area contributed by atoms with Crippen LogP contribution in [0, 0.1) is 5.41 Å². The molecule has 5 rings (SSSR count). The van der Waals surface area contributed by atoms with Gasteiger partial charge in [0.15, 0.2) is 11.2 Å². The maximum atomic E-state index is 14.5. The highest BCUT2D eigenvalue weighted by atomic mass is 16.6. The lowest BCUT2D eigenvalue weighted by molar-refractivity contribution is -0.155. The van der Waals surface area contributed by atoms with Gasteiger partial charge in [-0.2, -0.15) is 0 Å². The Morgan fingerprint density at radius 3 is 2.49 bits per heavy atom. The second kappa shape index (κ2) is 16.7. The molecular weight excluding hydrogens is 706 g/mol. The Labute approximate surface area is 320 Å². The van der Waals surface area contributed by atoms with Crippen LogP contribution in [-0.2, 0) is 28.7 Å². The molecule has 0 bridgehead atoms. The van der Waals surface area contributed by atoms with Crippen molar-refractivity contribution in [2.45, 2.75) is 76.8 Å². The Hall–Kier alpha value is -5.76. The van der Waals surface area contributed by atoms with Gasteiger partial charge in [-0.3, -0.25) is 19.2 Å². The fourth-order valence-corrected chi connectivity index (χ4v) is 6.74. The van der Waals surface area contributed by atoms with Gasteiger partial charge in [-0.15, -0.1) is 6.58 Å². The third-order valence-electron chi connectivity index (χ3n) is 9.47. The molecule has 14 heteroatoms. The van der Waals surface area contributed by atoms with E-state index in [1.165, 1.54) is 18.2 Å². The molecule has 55 heavy (non-hydrogen) atoms. The summed E-state index contributed by atoms with van der Waals surface area (Å²) in [5.41, 5.74) is -1.99. The van der Waals surface area contributed by atoms with Crippen molar-refractivity contribution in [2.75, 3.05) is 26.8 Å². The Kier molecular flexibility index (Phi) is 12.3. The van der Waals surface area contributed by atoms with Gasteiger partial charge in [0, 0.05) is 49.0 Å². The quantitative estimate of drug-likeness (QED) is 0.0756. The van der Waals surface area contributed by atoms with E-state index in [9.17, 15) is 24.0 Å². The molecule has 2 aromatic carbocycles. The maximum absolute atomic E-state index is 14.5. The Balaban J connectivity index is 1.38. The molecule has 3 amide bonds. The molecule has 1 aliphatic heterocycles. The number of alkyl carbamates (subject to hydrolysis) is 1. The number of methoxy groups -OCH3 is 1. The van der Waals surface area contributed by atoms with Crippen molar-refractivity contribution in [3.63, 3.8) is 0 Å². The number of carbonyl (C=O) groups excluding carboxylic acids is 5. The number of aromatic nitrogens is 1. The van der Waals surface area contributed by atoms with Crippen LogP contribution in [0.25, 0.3) is 22.2 Å². The van der Waals surface area contributed by atoms with E-state index in [-0.39, 0.29) is 32.5 Å². The molecule has 4 N–H and O–H groups in total. The number of benzene rings is 2. The minimum Gasteiger partial charge on any atom is -0.497 e. The second-order valence-corrected chi connectivity index (χ2v) is 14.5. The van der Waals surface area contributed by atoms with Crippen molar-refractivity contribution < 1.29 is 42.9 Å². The molecule has 0 spiro atoms. The summed E-state index contributed by atoms with van der Waals surface area (Å²) >= 11 is 0. The lowest BCUT2D eigenvalue weighted by atomic mass is 9.88. The topological polar surface area (TPSA) is 183 Å². The average Bonchev–Trinajstić information content (AvgIpc) is 3.59. The summed E-state index contributed by atoms with van der Waals surface area (Å²) in [6.45, 7) is 12.1. The van der Waals surface area contributed by atoms with Crippen LogP contribution < -0.4 is 30.7 Å². The van der Waals surface area contributed by atoms with Crippen LogP contribution in [-0.4, -0.2) is 90.8 Å². The summed E-state index contributed by atoms with van der Waals surface area (Å²) in [5, 5.41) is 11.8. The van der Waals surface area contributed by atoms with Gasteiger partial charge in [0.05, 0.1) is 36.5 Å². The predicted molar refractivity (Wildman–Crippen MR) is 205 cm³/mol. The average molecular weight is 756 g/mol. The van der Waals surface area contributed by atoms with Gasteiger partial charge in [0.25, 0.3) is 0 Å². The number of hydrogen-bond acceptors (Lipinski definition) is 11. The monoisotopic (exact) mass is 755 g/mol. The number of carbonyl (C=O) groups is 5. The van der Waals surface area contributed by atoms with Gasteiger partial charge in [0.2, 0.25) is 11.8 Å². The summed E-state index contributed by atoms with van der Waals surface area (Å²) < 4.78 is 22.8. The van der Waals surface area contributed by atoms with E-state index < -0.39 is 64.4 Å². The second-order valence-electron chi connectivity index (χ2n) is 14.5.